The van der Waals surface area contributed by atoms with Crippen molar-refractivity contribution in [3.8, 4) is 5.75 Å². The normalized spacial score (nSPS) is 10.6. The van der Waals surface area contributed by atoms with E-state index in [2.05, 4.69) is 5.32 Å². The van der Waals surface area contributed by atoms with Gasteiger partial charge in [0.1, 0.15) is 12.3 Å². The summed E-state index contributed by atoms with van der Waals surface area (Å²) in [7, 11) is 1.55. The maximum atomic E-state index is 12.2. The number of amides is 1. The number of para-hydroxylation sites is 1. The van der Waals surface area contributed by atoms with Crippen LogP contribution in [0.2, 0.25) is 5.02 Å². The molecular weight excluding hydrogens is 300 g/mol. The minimum absolute atomic E-state index is 0.109. The molecule has 1 N–H and O–H groups in total. The van der Waals surface area contributed by atoms with Crippen LogP contribution in [0, 0.1) is 0 Å². The zero-order chi connectivity index (χ0) is 15.5. The van der Waals surface area contributed by atoms with Crippen LogP contribution in [-0.4, -0.2) is 17.6 Å². The van der Waals surface area contributed by atoms with Crippen LogP contribution in [0.1, 0.15) is 0 Å². The van der Waals surface area contributed by atoms with Gasteiger partial charge in [-0.05, 0) is 35.7 Å². The minimum atomic E-state index is -0.109. The smallest absolute Gasteiger partial charge is 0.244 e. The van der Waals surface area contributed by atoms with Crippen LogP contribution in [0.3, 0.4) is 0 Å². The number of halogens is 1. The molecular formula is C17H15ClN2O2. The predicted octanol–water partition coefficient (Wildman–Crippen LogP) is 3.94. The van der Waals surface area contributed by atoms with Gasteiger partial charge in [-0.25, -0.2) is 0 Å². The molecule has 0 aliphatic heterocycles. The van der Waals surface area contributed by atoms with Gasteiger partial charge in [0.05, 0.1) is 12.1 Å². The van der Waals surface area contributed by atoms with Crippen LogP contribution in [0.5, 0.6) is 5.75 Å². The van der Waals surface area contributed by atoms with Gasteiger partial charge in [-0.3, -0.25) is 4.79 Å². The predicted molar refractivity (Wildman–Crippen MR) is 88.6 cm³/mol. The summed E-state index contributed by atoms with van der Waals surface area (Å²) in [5.74, 6) is 0.471. The van der Waals surface area contributed by atoms with Crippen LogP contribution >= 0.6 is 11.6 Å². The molecule has 0 saturated heterocycles. The number of nitrogens with one attached hydrogen (secondary N) is 1. The van der Waals surface area contributed by atoms with E-state index < -0.39 is 0 Å². The van der Waals surface area contributed by atoms with E-state index in [-0.39, 0.29) is 12.5 Å². The quantitative estimate of drug-likeness (QED) is 0.792. The number of anilines is 1. The molecule has 0 fully saturated rings. The summed E-state index contributed by atoms with van der Waals surface area (Å²) < 4.78 is 7.00. The summed E-state index contributed by atoms with van der Waals surface area (Å²) in [6.45, 7) is 0.247. The molecule has 0 radical (unpaired) electrons. The molecule has 3 rings (SSSR count). The molecule has 112 valence electrons. The van der Waals surface area contributed by atoms with Crippen molar-refractivity contribution in [2.45, 2.75) is 6.54 Å². The number of ether oxygens (including phenoxy) is 1. The third-order valence-electron chi connectivity index (χ3n) is 3.43. The van der Waals surface area contributed by atoms with Gasteiger partial charge in [0.2, 0.25) is 5.91 Å². The molecule has 4 nitrogen and oxygen atoms in total. The van der Waals surface area contributed by atoms with Gasteiger partial charge in [-0.15, -0.1) is 0 Å². The summed E-state index contributed by atoms with van der Waals surface area (Å²) in [5, 5.41) is 4.42. The monoisotopic (exact) mass is 314 g/mol. The Morgan fingerprint density at radius 1 is 1.23 bits per heavy atom. The van der Waals surface area contributed by atoms with Gasteiger partial charge in [-0.1, -0.05) is 29.8 Å². The molecule has 2 aromatic carbocycles. The topological polar surface area (TPSA) is 43.3 Å². The summed E-state index contributed by atoms with van der Waals surface area (Å²) in [5.41, 5.74) is 1.68. The number of hydrogen-bond acceptors (Lipinski definition) is 2. The molecule has 0 aliphatic carbocycles. The molecule has 0 aliphatic rings. The molecule has 0 atom stereocenters. The average Bonchev–Trinajstić information content (AvgIpc) is 2.91. The van der Waals surface area contributed by atoms with E-state index in [0.717, 1.165) is 10.9 Å². The van der Waals surface area contributed by atoms with Gasteiger partial charge in [0.25, 0.3) is 0 Å². The van der Waals surface area contributed by atoms with Crippen molar-refractivity contribution >= 4 is 34.1 Å². The van der Waals surface area contributed by atoms with E-state index in [4.69, 9.17) is 16.3 Å². The molecule has 22 heavy (non-hydrogen) atoms. The van der Waals surface area contributed by atoms with Crippen molar-refractivity contribution in [3.05, 3.63) is 59.8 Å². The van der Waals surface area contributed by atoms with Gasteiger partial charge < -0.3 is 14.6 Å². The van der Waals surface area contributed by atoms with E-state index in [1.54, 1.807) is 25.3 Å². The van der Waals surface area contributed by atoms with E-state index in [9.17, 15) is 4.79 Å². The fraction of sp³-hybridized carbons (Fsp3) is 0.118. The first kappa shape index (κ1) is 14.5. The average molecular weight is 315 g/mol. The molecule has 1 aromatic heterocycles. The highest BCUT2D eigenvalue weighted by Gasteiger charge is 2.08. The Hall–Kier alpha value is -2.46. The Morgan fingerprint density at radius 2 is 2.05 bits per heavy atom. The van der Waals surface area contributed by atoms with Crippen LogP contribution in [-0.2, 0) is 11.3 Å². The number of nitrogens with zero attached hydrogens (tertiary/aromatic N) is 1. The minimum Gasteiger partial charge on any atom is -0.495 e. The number of aromatic nitrogens is 1. The SMILES string of the molecule is COc1ccc(NC(=O)Cn2ccc3ccccc32)cc1Cl. The van der Waals surface area contributed by atoms with Crippen LogP contribution in [0.15, 0.2) is 54.7 Å². The number of benzene rings is 2. The third kappa shape index (κ3) is 2.92. The van der Waals surface area contributed by atoms with Crippen molar-refractivity contribution in [3.63, 3.8) is 0 Å². The lowest BCUT2D eigenvalue weighted by Crippen LogP contribution is -2.18. The zero-order valence-corrected chi connectivity index (χ0v) is 12.8. The molecule has 5 heteroatoms. The number of hydrogen-bond donors (Lipinski definition) is 1. The first-order valence-electron chi connectivity index (χ1n) is 6.84. The fourth-order valence-corrected chi connectivity index (χ4v) is 2.64. The van der Waals surface area contributed by atoms with E-state index in [0.29, 0.717) is 16.5 Å². The highest BCUT2D eigenvalue weighted by atomic mass is 35.5. The van der Waals surface area contributed by atoms with Gasteiger partial charge >= 0.3 is 0 Å². The first-order chi connectivity index (χ1) is 10.7. The summed E-state index contributed by atoms with van der Waals surface area (Å²) in [4.78, 5) is 12.2. The summed E-state index contributed by atoms with van der Waals surface area (Å²) in [6.07, 6.45) is 1.91. The zero-order valence-electron chi connectivity index (χ0n) is 12.0. The van der Waals surface area contributed by atoms with Gasteiger partial charge in [0.15, 0.2) is 0 Å². The Kier molecular flexibility index (Phi) is 4.02. The van der Waals surface area contributed by atoms with Gasteiger partial charge in [-0.2, -0.15) is 0 Å². The highest BCUT2D eigenvalue weighted by Crippen LogP contribution is 2.27. The second-order valence-corrected chi connectivity index (χ2v) is 5.31. The summed E-state index contributed by atoms with van der Waals surface area (Å²) >= 11 is 6.05. The standard InChI is InChI=1S/C17H15ClN2O2/c1-22-16-7-6-13(10-14(16)18)19-17(21)11-20-9-8-12-4-2-3-5-15(12)20/h2-10H,11H2,1H3,(H,19,21). The summed E-state index contributed by atoms with van der Waals surface area (Å²) in [6, 6.07) is 15.1. The van der Waals surface area contributed by atoms with Crippen LogP contribution in [0.4, 0.5) is 5.69 Å². The first-order valence-corrected chi connectivity index (χ1v) is 7.22. The number of methoxy groups -OCH3 is 1. The van der Waals surface area contributed by atoms with Crippen molar-refractivity contribution in [2.24, 2.45) is 0 Å². The van der Waals surface area contributed by atoms with Crippen molar-refractivity contribution in [2.75, 3.05) is 12.4 Å². The van der Waals surface area contributed by atoms with E-state index in [1.165, 1.54) is 0 Å². The van der Waals surface area contributed by atoms with Crippen molar-refractivity contribution < 1.29 is 9.53 Å². The van der Waals surface area contributed by atoms with E-state index in [1.807, 2.05) is 41.1 Å². The van der Waals surface area contributed by atoms with Crippen molar-refractivity contribution in [1.82, 2.24) is 4.57 Å². The molecule has 3 aromatic rings. The second-order valence-electron chi connectivity index (χ2n) is 4.90. The highest BCUT2D eigenvalue weighted by molar-refractivity contribution is 6.32. The number of fused-ring (bicyclic) bond motifs is 1. The van der Waals surface area contributed by atoms with Crippen LogP contribution in [0.25, 0.3) is 10.9 Å². The molecule has 0 spiro atoms. The lowest BCUT2D eigenvalue weighted by Gasteiger charge is -2.09. The largest absolute Gasteiger partial charge is 0.495 e. The van der Waals surface area contributed by atoms with E-state index >= 15 is 0 Å². The van der Waals surface area contributed by atoms with Gasteiger partial charge in [0, 0.05) is 17.4 Å². The molecule has 1 amide bonds. The molecule has 1 heterocycles. The Bertz CT molecular complexity index is 826. The Labute approximate surface area is 133 Å². The molecule has 0 bridgehead atoms. The third-order valence-corrected chi connectivity index (χ3v) is 3.73. The van der Waals surface area contributed by atoms with Crippen LogP contribution < -0.4 is 10.1 Å². The molecule has 0 unspecified atom stereocenters. The second kappa shape index (κ2) is 6.12. The Morgan fingerprint density at radius 3 is 2.82 bits per heavy atom. The lowest BCUT2D eigenvalue weighted by atomic mass is 10.2. The number of rotatable bonds is 4. The maximum absolute atomic E-state index is 12.2. The number of carbonyl (C=O) groups excluding carboxylic acids is 1. The fourth-order valence-electron chi connectivity index (χ4n) is 2.38. The molecule has 0 saturated carbocycles. The lowest BCUT2D eigenvalue weighted by molar-refractivity contribution is -0.116. The van der Waals surface area contributed by atoms with Crippen molar-refractivity contribution in [1.29, 1.82) is 0 Å². The number of carbonyl (C=O) groups is 1. The Balaban J connectivity index is 1.74. The maximum Gasteiger partial charge on any atom is 0.244 e.